The van der Waals surface area contributed by atoms with Crippen LogP contribution >= 0.6 is 0 Å². The van der Waals surface area contributed by atoms with Gasteiger partial charge in [-0.15, -0.1) is 10.2 Å². The molecule has 0 spiro atoms. The van der Waals surface area contributed by atoms with Gasteiger partial charge < -0.3 is 16.4 Å². The number of aromatic nitrogens is 2. The third kappa shape index (κ3) is 3.89. The van der Waals surface area contributed by atoms with E-state index in [1.165, 1.54) is 0 Å². The quantitative estimate of drug-likeness (QED) is 0.754. The first-order valence-corrected chi connectivity index (χ1v) is 7.48. The Morgan fingerprint density at radius 1 is 1.29 bits per heavy atom. The lowest BCUT2D eigenvalue weighted by Crippen LogP contribution is -2.51. The highest BCUT2D eigenvalue weighted by atomic mass is 16.1. The van der Waals surface area contributed by atoms with Gasteiger partial charge in [0.05, 0.1) is 0 Å². The van der Waals surface area contributed by atoms with E-state index in [1.807, 2.05) is 0 Å². The smallest absolute Gasteiger partial charge is 0.269 e. The molecule has 0 aromatic carbocycles. The van der Waals surface area contributed by atoms with E-state index in [4.69, 9.17) is 11.5 Å². The lowest BCUT2D eigenvalue weighted by atomic mass is 10.1. The molecule has 1 fully saturated rings. The summed E-state index contributed by atoms with van der Waals surface area (Å²) in [6, 6.07) is 4.00. The predicted molar refractivity (Wildman–Crippen MR) is 82.1 cm³/mol. The van der Waals surface area contributed by atoms with Crippen LogP contribution in [0.3, 0.4) is 0 Å². The molecule has 2 heterocycles. The lowest BCUT2D eigenvalue weighted by molar-refractivity contribution is 0.0994. The molecular formula is C14H24N6O. The van der Waals surface area contributed by atoms with Gasteiger partial charge in [0.15, 0.2) is 11.5 Å². The van der Waals surface area contributed by atoms with Crippen molar-refractivity contribution < 1.29 is 4.79 Å². The van der Waals surface area contributed by atoms with E-state index < -0.39 is 5.91 Å². The first-order valence-electron chi connectivity index (χ1n) is 7.48. The lowest BCUT2D eigenvalue weighted by Gasteiger charge is -2.39. The Morgan fingerprint density at radius 2 is 2.00 bits per heavy atom. The van der Waals surface area contributed by atoms with E-state index in [-0.39, 0.29) is 5.69 Å². The highest BCUT2D eigenvalue weighted by Crippen LogP contribution is 2.16. The summed E-state index contributed by atoms with van der Waals surface area (Å²) < 4.78 is 0. The van der Waals surface area contributed by atoms with Crippen molar-refractivity contribution in [1.82, 2.24) is 15.1 Å². The number of amides is 1. The van der Waals surface area contributed by atoms with E-state index in [2.05, 4.69) is 26.9 Å². The van der Waals surface area contributed by atoms with Crippen molar-refractivity contribution in [2.45, 2.75) is 25.8 Å². The summed E-state index contributed by atoms with van der Waals surface area (Å²) in [4.78, 5) is 15.7. The fourth-order valence-electron chi connectivity index (χ4n) is 2.78. The molecule has 4 N–H and O–H groups in total. The minimum atomic E-state index is -0.550. The molecule has 0 saturated carbocycles. The predicted octanol–water partition coefficient (Wildman–Crippen LogP) is -0.175. The van der Waals surface area contributed by atoms with E-state index in [0.29, 0.717) is 6.04 Å². The van der Waals surface area contributed by atoms with Gasteiger partial charge in [0.2, 0.25) is 0 Å². The Morgan fingerprint density at radius 3 is 2.48 bits per heavy atom. The average Bonchev–Trinajstić information content (AvgIpc) is 2.53. The highest BCUT2D eigenvalue weighted by Gasteiger charge is 2.23. The Balaban J connectivity index is 1.92. The summed E-state index contributed by atoms with van der Waals surface area (Å²) in [6.45, 7) is 6.76. The average molecular weight is 292 g/mol. The van der Waals surface area contributed by atoms with Gasteiger partial charge in [0.25, 0.3) is 5.91 Å². The molecule has 1 aromatic rings. The maximum Gasteiger partial charge on any atom is 0.269 e. The van der Waals surface area contributed by atoms with Crippen LogP contribution in [-0.4, -0.2) is 59.8 Å². The van der Waals surface area contributed by atoms with Crippen molar-refractivity contribution in [3.05, 3.63) is 17.8 Å². The number of primary amides is 1. The zero-order chi connectivity index (χ0) is 15.2. The number of nitrogens with two attached hydrogens (primary N) is 2. The zero-order valence-corrected chi connectivity index (χ0v) is 12.5. The first-order chi connectivity index (χ1) is 10.2. The van der Waals surface area contributed by atoms with Crippen molar-refractivity contribution in [1.29, 1.82) is 0 Å². The van der Waals surface area contributed by atoms with Crippen molar-refractivity contribution >= 4 is 11.7 Å². The molecule has 2 rings (SSSR count). The second-order valence-electron chi connectivity index (χ2n) is 5.30. The molecule has 1 saturated heterocycles. The topological polar surface area (TPSA) is 101 Å². The molecule has 0 radical (unpaired) electrons. The van der Waals surface area contributed by atoms with Gasteiger partial charge in [-0.1, -0.05) is 6.92 Å². The van der Waals surface area contributed by atoms with E-state index in [9.17, 15) is 4.79 Å². The third-order valence-corrected chi connectivity index (χ3v) is 4.03. The number of hydrogen-bond acceptors (Lipinski definition) is 6. The molecule has 0 bridgehead atoms. The number of hydrogen-bond donors (Lipinski definition) is 2. The Kier molecular flexibility index (Phi) is 5.46. The van der Waals surface area contributed by atoms with E-state index in [0.717, 1.165) is 51.4 Å². The van der Waals surface area contributed by atoms with Crippen LogP contribution in [0.4, 0.5) is 5.82 Å². The molecule has 7 heteroatoms. The van der Waals surface area contributed by atoms with Gasteiger partial charge in [-0.3, -0.25) is 9.69 Å². The summed E-state index contributed by atoms with van der Waals surface area (Å²) in [7, 11) is 0. The number of nitrogens with zero attached hydrogens (tertiary/aromatic N) is 4. The minimum Gasteiger partial charge on any atom is -0.364 e. The van der Waals surface area contributed by atoms with Crippen molar-refractivity contribution in [3.8, 4) is 0 Å². The standard InChI is InChI=1S/C14H24N6O/c1-2-11(5-6-15)19-7-9-20(10-8-19)13-4-3-12(14(16)21)17-18-13/h3-4,11H,2,5-10,15H2,1H3,(H2,16,21). The Hall–Kier alpha value is -1.73. The van der Waals surface area contributed by atoms with Gasteiger partial charge >= 0.3 is 0 Å². The molecule has 1 aliphatic rings. The van der Waals surface area contributed by atoms with Crippen molar-refractivity contribution in [2.24, 2.45) is 11.5 Å². The summed E-state index contributed by atoms with van der Waals surface area (Å²) in [5, 5.41) is 7.94. The van der Waals surface area contributed by atoms with Crippen LogP contribution in [-0.2, 0) is 0 Å². The minimum absolute atomic E-state index is 0.200. The van der Waals surface area contributed by atoms with Crippen LogP contribution < -0.4 is 16.4 Å². The molecule has 0 aliphatic carbocycles. The molecule has 1 unspecified atom stereocenters. The van der Waals surface area contributed by atoms with E-state index in [1.54, 1.807) is 12.1 Å². The molecular weight excluding hydrogens is 268 g/mol. The van der Waals surface area contributed by atoms with Gasteiger partial charge in [-0.05, 0) is 31.5 Å². The molecule has 1 amide bonds. The van der Waals surface area contributed by atoms with Crippen LogP contribution in [0, 0.1) is 0 Å². The number of carbonyl (C=O) groups is 1. The first kappa shape index (κ1) is 15.7. The third-order valence-electron chi connectivity index (χ3n) is 4.03. The number of carbonyl (C=O) groups excluding carboxylic acids is 1. The maximum absolute atomic E-state index is 11.0. The Bertz CT molecular complexity index is 455. The molecule has 1 aromatic heterocycles. The van der Waals surface area contributed by atoms with Gasteiger partial charge in [0, 0.05) is 32.2 Å². The number of rotatable bonds is 6. The maximum atomic E-state index is 11.0. The molecule has 21 heavy (non-hydrogen) atoms. The van der Waals surface area contributed by atoms with Crippen molar-refractivity contribution in [3.63, 3.8) is 0 Å². The largest absolute Gasteiger partial charge is 0.364 e. The fourth-order valence-corrected chi connectivity index (χ4v) is 2.78. The summed E-state index contributed by atoms with van der Waals surface area (Å²) >= 11 is 0. The summed E-state index contributed by atoms with van der Waals surface area (Å²) in [5.74, 6) is 0.248. The number of anilines is 1. The van der Waals surface area contributed by atoms with E-state index >= 15 is 0 Å². The van der Waals surface area contributed by atoms with Crippen LogP contribution in [0.1, 0.15) is 30.3 Å². The van der Waals surface area contributed by atoms with Gasteiger partial charge in [0.1, 0.15) is 0 Å². The van der Waals surface area contributed by atoms with Crippen LogP contribution in [0.25, 0.3) is 0 Å². The zero-order valence-electron chi connectivity index (χ0n) is 12.5. The molecule has 1 aliphatic heterocycles. The number of piperazine rings is 1. The highest BCUT2D eigenvalue weighted by molar-refractivity contribution is 5.90. The molecule has 116 valence electrons. The normalized spacial score (nSPS) is 17.7. The van der Waals surface area contributed by atoms with Gasteiger partial charge in [-0.2, -0.15) is 0 Å². The molecule has 7 nitrogen and oxygen atoms in total. The van der Waals surface area contributed by atoms with Crippen LogP contribution in [0.15, 0.2) is 12.1 Å². The SMILES string of the molecule is CCC(CCN)N1CCN(c2ccc(C(N)=O)nn2)CC1. The van der Waals surface area contributed by atoms with Crippen LogP contribution in [0.5, 0.6) is 0 Å². The summed E-state index contributed by atoms with van der Waals surface area (Å²) in [5.41, 5.74) is 11.0. The van der Waals surface area contributed by atoms with Crippen LogP contribution in [0.2, 0.25) is 0 Å². The van der Waals surface area contributed by atoms with Gasteiger partial charge in [-0.25, -0.2) is 0 Å². The monoisotopic (exact) mass is 292 g/mol. The second-order valence-corrected chi connectivity index (χ2v) is 5.30. The second kappa shape index (κ2) is 7.33. The van der Waals surface area contributed by atoms with Crippen molar-refractivity contribution in [2.75, 3.05) is 37.6 Å². The fraction of sp³-hybridized carbons (Fsp3) is 0.643. The Labute approximate surface area is 125 Å². The molecule has 1 atom stereocenters. The summed E-state index contributed by atoms with van der Waals surface area (Å²) in [6.07, 6.45) is 2.17.